The monoisotopic (exact) mass is 506 g/mol. The molecule has 1 saturated carbocycles. The van der Waals surface area contributed by atoms with Gasteiger partial charge in [-0.1, -0.05) is 17.7 Å². The maximum Gasteiger partial charge on any atom is 0.213 e. The topological polar surface area (TPSA) is 122 Å². The van der Waals surface area contributed by atoms with E-state index in [1.807, 2.05) is 24.5 Å². The van der Waals surface area contributed by atoms with E-state index in [1.165, 1.54) is 19.5 Å². The molecule has 10 nitrogen and oxygen atoms in total. The Morgan fingerprint density at radius 1 is 1.15 bits per heavy atom. The summed E-state index contributed by atoms with van der Waals surface area (Å²) in [7, 11) is -2.19. The lowest BCUT2D eigenvalue weighted by Gasteiger charge is -2.25. The van der Waals surface area contributed by atoms with Crippen LogP contribution in [-0.4, -0.2) is 56.6 Å². The van der Waals surface area contributed by atoms with Gasteiger partial charge in [-0.3, -0.25) is 0 Å². The maximum atomic E-state index is 13.5. The van der Waals surface area contributed by atoms with Crippen molar-refractivity contribution < 1.29 is 17.9 Å². The molecule has 3 aromatic rings. The predicted molar refractivity (Wildman–Crippen MR) is 126 cm³/mol. The zero-order valence-corrected chi connectivity index (χ0v) is 21.0. The summed E-state index contributed by atoms with van der Waals surface area (Å²) in [5, 5.41) is 7.96. The van der Waals surface area contributed by atoms with Crippen molar-refractivity contribution in [1.29, 1.82) is 0 Å². The van der Waals surface area contributed by atoms with Crippen molar-refractivity contribution in [3.8, 4) is 17.4 Å². The molecule has 182 valence electrons. The normalized spacial score (nSPS) is 15.9. The molecular formula is C22H27ClN6O4S. The summed E-state index contributed by atoms with van der Waals surface area (Å²) >= 11 is 5.91. The first kappa shape index (κ1) is 24.5. The van der Waals surface area contributed by atoms with Crippen LogP contribution in [0.15, 0.2) is 30.6 Å². The Hall–Kier alpha value is -2.63. The Morgan fingerprint density at radius 2 is 1.85 bits per heavy atom. The number of hydrogen-bond donors (Lipinski definition) is 0. The van der Waals surface area contributed by atoms with Crippen LogP contribution in [0.4, 0.5) is 0 Å². The molecule has 0 aliphatic heterocycles. The fourth-order valence-electron chi connectivity index (χ4n) is 3.61. The number of pyridine rings is 1. The largest absolute Gasteiger partial charge is 0.481 e. The highest BCUT2D eigenvalue weighted by Crippen LogP contribution is 2.39. The van der Waals surface area contributed by atoms with Gasteiger partial charge in [0, 0.05) is 24.5 Å². The molecule has 0 amide bonds. The second kappa shape index (κ2) is 9.93. The fourth-order valence-corrected chi connectivity index (χ4v) is 5.09. The third-order valence-corrected chi connectivity index (χ3v) is 7.71. The third kappa shape index (κ3) is 5.37. The number of hydrogen-bond acceptors (Lipinski definition) is 9. The molecule has 0 unspecified atom stereocenters. The summed E-state index contributed by atoms with van der Waals surface area (Å²) in [6, 6.07) is 5.49. The van der Waals surface area contributed by atoms with Crippen molar-refractivity contribution in [3.05, 3.63) is 47.3 Å². The van der Waals surface area contributed by atoms with E-state index in [2.05, 4.69) is 25.1 Å². The van der Waals surface area contributed by atoms with Crippen molar-refractivity contribution in [2.45, 2.75) is 62.9 Å². The van der Waals surface area contributed by atoms with Gasteiger partial charge in [0.25, 0.3) is 0 Å². The molecule has 0 aromatic carbocycles. The second-order valence-electron chi connectivity index (χ2n) is 8.48. The maximum absolute atomic E-state index is 13.5. The van der Waals surface area contributed by atoms with Crippen molar-refractivity contribution in [2.75, 3.05) is 7.11 Å². The third-order valence-electron chi connectivity index (χ3n) is 5.48. The highest BCUT2D eigenvalue weighted by molar-refractivity contribution is 7.91. The predicted octanol–water partition coefficient (Wildman–Crippen LogP) is 3.60. The zero-order chi connectivity index (χ0) is 24.5. The average Bonchev–Trinajstić information content (AvgIpc) is 3.57. The Labute approximate surface area is 203 Å². The van der Waals surface area contributed by atoms with E-state index in [0.29, 0.717) is 28.2 Å². The lowest BCUT2D eigenvalue weighted by Crippen LogP contribution is -2.32. The number of aromatic nitrogens is 6. The van der Waals surface area contributed by atoms with Gasteiger partial charge in [0.1, 0.15) is 23.4 Å². The molecule has 2 atom stereocenters. The molecule has 3 heterocycles. The smallest absolute Gasteiger partial charge is 0.213 e. The highest BCUT2D eigenvalue weighted by Gasteiger charge is 2.37. The SMILES string of the molecule is COc1cccc(-c2nnc(CS(=O)(=O)[C@@H](C)[C@@H](OC(C)C)c3ncc(Cl)cn3)n2C2CC2)n1. The van der Waals surface area contributed by atoms with Crippen LogP contribution in [0.1, 0.15) is 57.4 Å². The van der Waals surface area contributed by atoms with Gasteiger partial charge in [-0.2, -0.15) is 0 Å². The van der Waals surface area contributed by atoms with E-state index in [0.717, 1.165) is 12.8 Å². The van der Waals surface area contributed by atoms with E-state index in [-0.39, 0.29) is 23.7 Å². The first-order valence-corrected chi connectivity index (χ1v) is 13.1. The number of ether oxygens (including phenoxy) is 2. The van der Waals surface area contributed by atoms with Gasteiger partial charge in [-0.25, -0.2) is 23.4 Å². The van der Waals surface area contributed by atoms with Crippen LogP contribution in [0.25, 0.3) is 11.5 Å². The van der Waals surface area contributed by atoms with E-state index >= 15 is 0 Å². The summed E-state index contributed by atoms with van der Waals surface area (Å²) in [6.45, 7) is 5.27. The fraction of sp³-hybridized carbons (Fsp3) is 0.500. The Kier molecular flexibility index (Phi) is 7.15. The molecule has 12 heteroatoms. The van der Waals surface area contributed by atoms with Gasteiger partial charge in [0.15, 0.2) is 21.5 Å². The summed E-state index contributed by atoms with van der Waals surface area (Å²) in [6.07, 6.45) is 3.61. The Bertz CT molecular complexity index is 1240. The van der Waals surface area contributed by atoms with Crippen molar-refractivity contribution in [3.63, 3.8) is 0 Å². The molecule has 4 rings (SSSR count). The summed E-state index contributed by atoms with van der Waals surface area (Å²) in [4.78, 5) is 12.8. The molecule has 0 saturated heterocycles. The molecule has 1 fully saturated rings. The van der Waals surface area contributed by atoms with Crippen molar-refractivity contribution in [2.24, 2.45) is 0 Å². The van der Waals surface area contributed by atoms with Gasteiger partial charge >= 0.3 is 0 Å². The van der Waals surface area contributed by atoms with Crippen LogP contribution in [0.2, 0.25) is 5.02 Å². The van der Waals surface area contributed by atoms with Crippen LogP contribution in [0, 0.1) is 0 Å². The lowest BCUT2D eigenvalue weighted by atomic mass is 10.2. The molecule has 0 radical (unpaired) electrons. The Balaban J connectivity index is 1.65. The first-order chi connectivity index (χ1) is 16.2. The van der Waals surface area contributed by atoms with Crippen LogP contribution in [0.5, 0.6) is 5.88 Å². The number of halogens is 1. The van der Waals surface area contributed by atoms with E-state index < -0.39 is 21.2 Å². The molecule has 1 aliphatic carbocycles. The molecule has 0 spiro atoms. The number of sulfone groups is 1. The van der Waals surface area contributed by atoms with Gasteiger partial charge in [0.2, 0.25) is 5.88 Å². The van der Waals surface area contributed by atoms with Gasteiger partial charge in [0.05, 0.1) is 23.5 Å². The summed E-state index contributed by atoms with van der Waals surface area (Å²) in [5.41, 5.74) is 0.575. The summed E-state index contributed by atoms with van der Waals surface area (Å²) < 4.78 is 40.1. The average molecular weight is 507 g/mol. The minimum Gasteiger partial charge on any atom is -0.481 e. The number of nitrogens with zero attached hydrogens (tertiary/aromatic N) is 6. The first-order valence-electron chi connectivity index (χ1n) is 11.0. The molecule has 0 N–H and O–H groups in total. The quantitative estimate of drug-likeness (QED) is 0.405. The minimum absolute atomic E-state index is 0.140. The van der Waals surface area contributed by atoms with E-state index in [4.69, 9.17) is 21.1 Å². The van der Waals surface area contributed by atoms with Crippen LogP contribution >= 0.6 is 11.6 Å². The summed E-state index contributed by atoms with van der Waals surface area (Å²) in [5.74, 6) is 1.30. The van der Waals surface area contributed by atoms with Crippen LogP contribution < -0.4 is 4.74 Å². The highest BCUT2D eigenvalue weighted by atomic mass is 35.5. The zero-order valence-electron chi connectivity index (χ0n) is 19.4. The Morgan fingerprint density at radius 3 is 2.47 bits per heavy atom. The molecular weight excluding hydrogens is 480 g/mol. The molecule has 34 heavy (non-hydrogen) atoms. The van der Waals surface area contributed by atoms with Crippen LogP contribution in [0.3, 0.4) is 0 Å². The van der Waals surface area contributed by atoms with Gasteiger partial charge in [-0.15, -0.1) is 10.2 Å². The molecule has 0 bridgehead atoms. The number of methoxy groups -OCH3 is 1. The van der Waals surface area contributed by atoms with Gasteiger partial charge < -0.3 is 14.0 Å². The lowest BCUT2D eigenvalue weighted by molar-refractivity contribution is 0.00142. The van der Waals surface area contributed by atoms with Crippen molar-refractivity contribution >= 4 is 21.4 Å². The van der Waals surface area contributed by atoms with E-state index in [9.17, 15) is 8.42 Å². The molecule has 1 aliphatic rings. The van der Waals surface area contributed by atoms with Crippen LogP contribution in [-0.2, 0) is 20.3 Å². The second-order valence-corrected chi connectivity index (χ2v) is 11.3. The minimum atomic E-state index is -3.73. The van der Waals surface area contributed by atoms with Crippen molar-refractivity contribution in [1.82, 2.24) is 29.7 Å². The number of rotatable bonds is 10. The van der Waals surface area contributed by atoms with E-state index in [1.54, 1.807) is 19.1 Å². The standard InChI is InChI=1S/C22H27ClN6O4S/c1-13(2)33-20(21-24-10-15(23)11-25-21)14(3)34(30,31)12-18-27-28-22(29(18)16-8-9-16)17-6-5-7-19(26-17)32-4/h5-7,10-11,13-14,16,20H,8-9,12H2,1-4H3/t14-,20+/m0/s1. The van der Waals surface area contributed by atoms with Gasteiger partial charge in [-0.05, 0) is 39.7 Å². The molecule has 3 aromatic heterocycles.